The first-order chi connectivity index (χ1) is 12.0. The molecule has 3 rings (SSSR count). The number of aromatic nitrogens is 3. The second-order valence-electron chi connectivity index (χ2n) is 9.21. The first kappa shape index (κ1) is 18.7. The number of aryl methyl sites for hydroxylation is 1. The van der Waals surface area contributed by atoms with Crippen molar-refractivity contribution in [3.63, 3.8) is 0 Å². The Balaban J connectivity index is 1.93. The van der Waals surface area contributed by atoms with Gasteiger partial charge in [0, 0.05) is 25.2 Å². The van der Waals surface area contributed by atoms with Crippen LogP contribution < -0.4 is 5.69 Å². The summed E-state index contributed by atoms with van der Waals surface area (Å²) in [4.78, 5) is 28.9. The molecule has 0 radical (unpaired) electrons. The van der Waals surface area contributed by atoms with Crippen molar-refractivity contribution in [1.29, 1.82) is 0 Å². The smallest absolute Gasteiger partial charge is 0.330 e. The molecule has 142 valence electrons. The maximum absolute atomic E-state index is 12.6. The van der Waals surface area contributed by atoms with E-state index in [2.05, 4.69) is 20.8 Å². The maximum Gasteiger partial charge on any atom is 0.330 e. The molecule has 0 aliphatic heterocycles. The number of hydrogen-bond acceptors (Lipinski definition) is 3. The first-order valence-corrected chi connectivity index (χ1v) is 9.31. The number of carboxylic acids is 1. The van der Waals surface area contributed by atoms with Crippen molar-refractivity contribution in [2.24, 2.45) is 17.9 Å². The predicted octanol–water partition coefficient (Wildman–Crippen LogP) is 3.53. The van der Waals surface area contributed by atoms with Gasteiger partial charge in [0.1, 0.15) is 0 Å². The molecule has 6 nitrogen and oxygen atoms in total. The van der Waals surface area contributed by atoms with E-state index < -0.39 is 11.4 Å². The Morgan fingerprint density at radius 3 is 2.46 bits per heavy atom. The average Bonchev–Trinajstić information content (AvgIpc) is 2.79. The predicted molar refractivity (Wildman–Crippen MR) is 101 cm³/mol. The monoisotopic (exact) mass is 359 g/mol. The summed E-state index contributed by atoms with van der Waals surface area (Å²) < 4.78 is 3.42. The van der Waals surface area contributed by atoms with Crippen LogP contribution in [0.4, 0.5) is 0 Å². The second kappa shape index (κ2) is 6.25. The zero-order chi connectivity index (χ0) is 19.3. The molecule has 0 atom stereocenters. The fourth-order valence-corrected chi connectivity index (χ4v) is 3.91. The molecule has 0 amide bonds. The molecule has 1 N–H and O–H groups in total. The molecule has 1 fully saturated rings. The maximum atomic E-state index is 12.6. The number of rotatable bonds is 3. The van der Waals surface area contributed by atoms with Gasteiger partial charge in [-0.25, -0.2) is 9.78 Å². The summed E-state index contributed by atoms with van der Waals surface area (Å²) in [6.45, 7) is 8.81. The molecule has 0 spiro atoms. The van der Waals surface area contributed by atoms with Crippen LogP contribution in [0.2, 0.25) is 0 Å². The highest BCUT2D eigenvalue weighted by Gasteiger charge is 2.38. The summed E-state index contributed by atoms with van der Waals surface area (Å²) in [6.07, 6.45) is 2.96. The molecule has 2 aromatic rings. The van der Waals surface area contributed by atoms with Gasteiger partial charge in [0.25, 0.3) is 0 Å². The molecule has 0 unspecified atom stereocenters. The molecular formula is C20H29N3O3. The minimum Gasteiger partial charge on any atom is -0.481 e. The van der Waals surface area contributed by atoms with Gasteiger partial charge in [0.2, 0.25) is 0 Å². The van der Waals surface area contributed by atoms with Crippen LogP contribution in [0.3, 0.4) is 0 Å². The van der Waals surface area contributed by atoms with Crippen LogP contribution in [-0.4, -0.2) is 25.2 Å². The average molecular weight is 359 g/mol. The van der Waals surface area contributed by atoms with Gasteiger partial charge in [-0.15, -0.1) is 0 Å². The fraction of sp³-hybridized carbons (Fsp3) is 0.650. The van der Waals surface area contributed by atoms with Crippen molar-refractivity contribution in [1.82, 2.24) is 14.1 Å². The van der Waals surface area contributed by atoms with E-state index in [1.807, 2.05) is 19.1 Å². The van der Waals surface area contributed by atoms with Gasteiger partial charge >= 0.3 is 11.7 Å². The molecule has 1 aliphatic carbocycles. The Hall–Kier alpha value is -2.11. The third-order valence-electron chi connectivity index (χ3n) is 5.66. The number of carboxylic acid groups (broad SMARTS) is 1. The minimum atomic E-state index is -0.707. The van der Waals surface area contributed by atoms with Crippen LogP contribution in [-0.2, 0) is 18.4 Å². The van der Waals surface area contributed by atoms with E-state index in [4.69, 9.17) is 4.98 Å². The quantitative estimate of drug-likeness (QED) is 0.909. The van der Waals surface area contributed by atoms with Gasteiger partial charge in [-0.3, -0.25) is 13.9 Å². The highest BCUT2D eigenvalue weighted by molar-refractivity contribution is 5.74. The first-order valence-electron chi connectivity index (χ1n) is 9.31. The SMILES string of the molecule is Cn1c(=O)n(CC(C)(C)C)c2ccc(C3CCC(C)(C(=O)O)CC3)nc21. The third-order valence-corrected chi connectivity index (χ3v) is 5.66. The van der Waals surface area contributed by atoms with Crippen molar-refractivity contribution in [3.05, 3.63) is 28.3 Å². The summed E-state index contributed by atoms with van der Waals surface area (Å²) in [6, 6.07) is 4.00. The standard InChI is InChI=1S/C20H29N3O3/c1-19(2,3)12-23-15-7-6-14(21-16(15)22(5)18(23)26)13-8-10-20(4,11-9-13)17(24)25/h6-7,13H,8-12H2,1-5H3,(H,24,25). The van der Waals surface area contributed by atoms with E-state index in [0.717, 1.165) is 24.1 Å². The van der Waals surface area contributed by atoms with E-state index in [0.29, 0.717) is 25.0 Å². The molecule has 2 aromatic heterocycles. The lowest BCUT2D eigenvalue weighted by molar-refractivity contribution is -0.149. The van der Waals surface area contributed by atoms with E-state index >= 15 is 0 Å². The van der Waals surface area contributed by atoms with Crippen molar-refractivity contribution in [2.75, 3.05) is 0 Å². The molecule has 0 saturated heterocycles. The number of hydrogen-bond donors (Lipinski definition) is 1. The Labute approximate surface area is 153 Å². The van der Waals surface area contributed by atoms with Crippen LogP contribution in [0.15, 0.2) is 16.9 Å². The van der Waals surface area contributed by atoms with Gasteiger partial charge in [-0.1, -0.05) is 20.8 Å². The molecule has 26 heavy (non-hydrogen) atoms. The highest BCUT2D eigenvalue weighted by Crippen LogP contribution is 2.42. The molecule has 0 bridgehead atoms. The number of fused-ring (bicyclic) bond motifs is 1. The van der Waals surface area contributed by atoms with Gasteiger partial charge in [0.15, 0.2) is 5.65 Å². The summed E-state index contributed by atoms with van der Waals surface area (Å²) in [5.41, 5.74) is 1.88. The molecule has 2 heterocycles. The number of nitrogens with zero attached hydrogens (tertiary/aromatic N) is 3. The summed E-state index contributed by atoms with van der Waals surface area (Å²) in [7, 11) is 1.77. The molecule has 1 aliphatic rings. The molecule has 6 heteroatoms. The van der Waals surface area contributed by atoms with Crippen molar-refractivity contribution in [2.45, 2.75) is 65.8 Å². The topological polar surface area (TPSA) is 77.1 Å². The Bertz CT molecular complexity index is 893. The number of imidazole rings is 1. The van der Waals surface area contributed by atoms with Crippen molar-refractivity contribution in [3.8, 4) is 0 Å². The molecule has 0 aromatic carbocycles. The van der Waals surface area contributed by atoms with Gasteiger partial charge < -0.3 is 5.11 Å². The van der Waals surface area contributed by atoms with Crippen LogP contribution in [0.25, 0.3) is 11.2 Å². The Kier molecular flexibility index (Phi) is 4.49. The van der Waals surface area contributed by atoms with Gasteiger partial charge in [0.05, 0.1) is 10.9 Å². The number of pyridine rings is 1. The van der Waals surface area contributed by atoms with E-state index in [9.17, 15) is 14.7 Å². The lowest BCUT2D eigenvalue weighted by Gasteiger charge is -2.33. The Morgan fingerprint density at radius 2 is 1.92 bits per heavy atom. The minimum absolute atomic E-state index is 0.00143. The fourth-order valence-electron chi connectivity index (χ4n) is 3.91. The molecule has 1 saturated carbocycles. The van der Waals surface area contributed by atoms with Crippen LogP contribution >= 0.6 is 0 Å². The van der Waals surface area contributed by atoms with Crippen LogP contribution in [0.5, 0.6) is 0 Å². The van der Waals surface area contributed by atoms with Crippen LogP contribution in [0, 0.1) is 10.8 Å². The second-order valence-corrected chi connectivity index (χ2v) is 9.21. The lowest BCUT2D eigenvalue weighted by Crippen LogP contribution is -2.32. The summed E-state index contributed by atoms with van der Waals surface area (Å²) >= 11 is 0. The highest BCUT2D eigenvalue weighted by atomic mass is 16.4. The van der Waals surface area contributed by atoms with Gasteiger partial charge in [-0.05, 0) is 50.2 Å². The largest absolute Gasteiger partial charge is 0.481 e. The zero-order valence-electron chi connectivity index (χ0n) is 16.4. The third kappa shape index (κ3) is 3.29. The van der Waals surface area contributed by atoms with Crippen LogP contribution in [0.1, 0.15) is 65.0 Å². The number of carbonyl (C=O) groups is 1. The van der Waals surface area contributed by atoms with Crippen molar-refractivity contribution >= 4 is 17.1 Å². The summed E-state index contributed by atoms with van der Waals surface area (Å²) in [5, 5.41) is 9.40. The molecular weight excluding hydrogens is 330 g/mol. The normalized spacial score (nSPS) is 24.1. The lowest BCUT2D eigenvalue weighted by atomic mass is 9.71. The Morgan fingerprint density at radius 1 is 1.31 bits per heavy atom. The summed E-state index contributed by atoms with van der Waals surface area (Å²) in [5.74, 6) is -0.450. The van der Waals surface area contributed by atoms with E-state index in [1.165, 1.54) is 0 Å². The van der Waals surface area contributed by atoms with Crippen molar-refractivity contribution < 1.29 is 9.90 Å². The van der Waals surface area contributed by atoms with E-state index in [-0.39, 0.29) is 17.0 Å². The number of aliphatic carboxylic acids is 1. The zero-order valence-corrected chi connectivity index (χ0v) is 16.4. The van der Waals surface area contributed by atoms with Gasteiger partial charge in [-0.2, -0.15) is 0 Å². The van der Waals surface area contributed by atoms with E-state index in [1.54, 1.807) is 16.2 Å².